The molecule has 3 aromatic rings. The quantitative estimate of drug-likeness (QED) is 0.627. The summed E-state index contributed by atoms with van der Waals surface area (Å²) in [5.41, 5.74) is 3.99. The number of nitrogens with one attached hydrogen (secondary N) is 1. The molecule has 0 amide bonds. The Morgan fingerprint density at radius 2 is 1.83 bits per heavy atom. The predicted molar refractivity (Wildman–Crippen MR) is 97.9 cm³/mol. The van der Waals surface area contributed by atoms with Gasteiger partial charge in [0, 0.05) is 48.1 Å². The van der Waals surface area contributed by atoms with Crippen molar-refractivity contribution >= 4 is 21.8 Å². The van der Waals surface area contributed by atoms with Crippen LogP contribution in [0, 0.1) is 0 Å². The van der Waals surface area contributed by atoms with Gasteiger partial charge in [0.15, 0.2) is 0 Å². The molecular weight excluding hydrogens is 284 g/mol. The summed E-state index contributed by atoms with van der Waals surface area (Å²) < 4.78 is 7.76. The van der Waals surface area contributed by atoms with E-state index in [0.29, 0.717) is 0 Å². The Balaban J connectivity index is 1.78. The van der Waals surface area contributed by atoms with Gasteiger partial charge < -0.3 is 14.6 Å². The molecule has 0 aliphatic heterocycles. The second-order valence-electron chi connectivity index (χ2n) is 5.84. The first kappa shape index (κ1) is 16.0. The number of hydrogen-bond acceptors (Lipinski definition) is 2. The number of aromatic nitrogens is 1. The van der Waals surface area contributed by atoms with Crippen LogP contribution < -0.4 is 5.32 Å². The molecule has 3 nitrogen and oxygen atoms in total. The minimum atomic E-state index is 0.804. The maximum Gasteiger partial charge on any atom is 0.0491 e. The fourth-order valence-electron chi connectivity index (χ4n) is 3.23. The average molecular weight is 310 g/mol. The molecule has 0 radical (unpaired) electrons. The van der Waals surface area contributed by atoms with Crippen LogP contribution in [0.4, 0.5) is 0 Å². The predicted octanol–water partition coefficient (Wildman–Crippen LogP) is 4.33. The van der Waals surface area contributed by atoms with Crippen molar-refractivity contribution in [3.8, 4) is 0 Å². The molecule has 1 N–H and O–H groups in total. The van der Waals surface area contributed by atoms with Crippen molar-refractivity contribution in [2.45, 2.75) is 33.4 Å². The van der Waals surface area contributed by atoms with Gasteiger partial charge in [-0.2, -0.15) is 0 Å². The van der Waals surface area contributed by atoms with Crippen LogP contribution in [-0.2, 0) is 17.8 Å². The zero-order valence-electron chi connectivity index (χ0n) is 14.1. The summed E-state index contributed by atoms with van der Waals surface area (Å²) in [6.45, 7) is 8.79. The van der Waals surface area contributed by atoms with Crippen molar-refractivity contribution < 1.29 is 4.74 Å². The zero-order valence-corrected chi connectivity index (χ0v) is 14.1. The number of hydrogen-bond donors (Lipinski definition) is 1. The summed E-state index contributed by atoms with van der Waals surface area (Å²) >= 11 is 0. The van der Waals surface area contributed by atoms with E-state index in [1.807, 2.05) is 6.92 Å². The molecule has 23 heavy (non-hydrogen) atoms. The number of benzene rings is 2. The lowest BCUT2D eigenvalue weighted by atomic mass is 10.1. The number of fused-ring (bicyclic) bond motifs is 3. The van der Waals surface area contributed by atoms with Gasteiger partial charge in [-0.3, -0.25) is 0 Å². The number of rotatable bonds is 8. The summed E-state index contributed by atoms with van der Waals surface area (Å²) in [5, 5.41) is 6.21. The van der Waals surface area contributed by atoms with Crippen molar-refractivity contribution in [1.82, 2.24) is 9.88 Å². The molecule has 3 rings (SSSR count). The number of nitrogens with zero attached hydrogens (tertiary/aromatic N) is 1. The van der Waals surface area contributed by atoms with E-state index in [9.17, 15) is 0 Å². The lowest BCUT2D eigenvalue weighted by molar-refractivity contribution is 0.144. The van der Waals surface area contributed by atoms with Crippen molar-refractivity contribution in [1.29, 1.82) is 0 Å². The van der Waals surface area contributed by atoms with Gasteiger partial charge in [0.05, 0.1) is 0 Å². The molecule has 0 atom stereocenters. The summed E-state index contributed by atoms with van der Waals surface area (Å²) in [6.07, 6.45) is 1.06. The number of ether oxygens (including phenoxy) is 1. The summed E-state index contributed by atoms with van der Waals surface area (Å²) in [4.78, 5) is 0. The first-order chi connectivity index (χ1) is 11.3. The van der Waals surface area contributed by atoms with E-state index >= 15 is 0 Å². The lowest BCUT2D eigenvalue weighted by Crippen LogP contribution is -2.16. The average Bonchev–Trinajstić information content (AvgIpc) is 2.91. The molecule has 0 saturated heterocycles. The zero-order chi connectivity index (χ0) is 16.1. The topological polar surface area (TPSA) is 26.2 Å². The normalized spacial score (nSPS) is 11.6. The first-order valence-corrected chi connectivity index (χ1v) is 8.63. The smallest absolute Gasteiger partial charge is 0.0491 e. The van der Waals surface area contributed by atoms with Crippen LogP contribution in [0.3, 0.4) is 0 Å². The SMILES string of the molecule is CCOCCCNCc1ccc2c(c1)c1ccccc1n2CC. The van der Waals surface area contributed by atoms with Gasteiger partial charge in [-0.05, 0) is 50.6 Å². The van der Waals surface area contributed by atoms with Gasteiger partial charge in [-0.25, -0.2) is 0 Å². The fraction of sp³-hybridized carbons (Fsp3) is 0.400. The van der Waals surface area contributed by atoms with Crippen LogP contribution in [0.2, 0.25) is 0 Å². The van der Waals surface area contributed by atoms with E-state index in [2.05, 4.69) is 59.3 Å². The van der Waals surface area contributed by atoms with Crippen LogP contribution >= 0.6 is 0 Å². The van der Waals surface area contributed by atoms with E-state index in [-0.39, 0.29) is 0 Å². The molecule has 122 valence electrons. The Morgan fingerprint density at radius 1 is 1.00 bits per heavy atom. The Bertz CT molecular complexity index is 776. The molecule has 0 fully saturated rings. The van der Waals surface area contributed by atoms with Gasteiger partial charge >= 0.3 is 0 Å². The van der Waals surface area contributed by atoms with Crippen LogP contribution in [0.1, 0.15) is 25.8 Å². The van der Waals surface area contributed by atoms with Crippen LogP contribution in [0.25, 0.3) is 21.8 Å². The van der Waals surface area contributed by atoms with Crippen LogP contribution in [-0.4, -0.2) is 24.3 Å². The molecule has 3 heteroatoms. The molecule has 1 heterocycles. The maximum absolute atomic E-state index is 5.36. The van der Waals surface area contributed by atoms with E-state index in [1.165, 1.54) is 27.4 Å². The third kappa shape index (κ3) is 3.41. The summed E-state index contributed by atoms with van der Waals surface area (Å²) in [5.74, 6) is 0. The third-order valence-electron chi connectivity index (χ3n) is 4.33. The van der Waals surface area contributed by atoms with Crippen molar-refractivity contribution in [2.75, 3.05) is 19.8 Å². The summed E-state index contributed by atoms with van der Waals surface area (Å²) in [7, 11) is 0. The Hall–Kier alpha value is -1.84. The van der Waals surface area contributed by atoms with Crippen molar-refractivity contribution in [2.24, 2.45) is 0 Å². The Kier molecular flexibility index (Phi) is 5.31. The molecule has 1 aromatic heterocycles. The molecule has 0 saturated carbocycles. The number of aryl methyl sites for hydroxylation is 1. The maximum atomic E-state index is 5.36. The molecular formula is C20H26N2O. The molecule has 0 unspecified atom stereocenters. The molecule has 0 bridgehead atoms. The van der Waals surface area contributed by atoms with Gasteiger partial charge in [0.2, 0.25) is 0 Å². The molecule has 0 aliphatic carbocycles. The van der Waals surface area contributed by atoms with Crippen LogP contribution in [0.5, 0.6) is 0 Å². The lowest BCUT2D eigenvalue weighted by Gasteiger charge is -2.06. The minimum absolute atomic E-state index is 0.804. The van der Waals surface area contributed by atoms with E-state index < -0.39 is 0 Å². The van der Waals surface area contributed by atoms with E-state index in [0.717, 1.165) is 39.3 Å². The molecule has 2 aromatic carbocycles. The van der Waals surface area contributed by atoms with Gasteiger partial charge in [0.1, 0.15) is 0 Å². The second kappa shape index (κ2) is 7.62. The highest BCUT2D eigenvalue weighted by molar-refractivity contribution is 6.08. The Labute approximate surface area is 138 Å². The monoisotopic (exact) mass is 310 g/mol. The van der Waals surface area contributed by atoms with E-state index in [4.69, 9.17) is 4.74 Å². The van der Waals surface area contributed by atoms with Crippen molar-refractivity contribution in [3.05, 3.63) is 48.0 Å². The van der Waals surface area contributed by atoms with Gasteiger partial charge in [-0.1, -0.05) is 24.3 Å². The second-order valence-corrected chi connectivity index (χ2v) is 5.84. The Morgan fingerprint density at radius 3 is 2.65 bits per heavy atom. The molecule has 0 spiro atoms. The van der Waals surface area contributed by atoms with Crippen LogP contribution in [0.15, 0.2) is 42.5 Å². The first-order valence-electron chi connectivity index (χ1n) is 8.63. The standard InChI is InChI=1S/C20H26N2O/c1-3-22-19-9-6-5-8-17(19)18-14-16(10-11-20(18)22)15-21-12-7-13-23-4-2/h5-6,8-11,14,21H,3-4,7,12-13,15H2,1-2H3. The fourth-order valence-corrected chi connectivity index (χ4v) is 3.23. The largest absolute Gasteiger partial charge is 0.382 e. The highest BCUT2D eigenvalue weighted by atomic mass is 16.5. The molecule has 0 aliphatic rings. The van der Waals surface area contributed by atoms with Gasteiger partial charge in [0.25, 0.3) is 0 Å². The van der Waals surface area contributed by atoms with E-state index in [1.54, 1.807) is 0 Å². The summed E-state index contributed by atoms with van der Waals surface area (Å²) in [6, 6.07) is 15.5. The minimum Gasteiger partial charge on any atom is -0.382 e. The third-order valence-corrected chi connectivity index (χ3v) is 4.33. The van der Waals surface area contributed by atoms with Crippen molar-refractivity contribution in [3.63, 3.8) is 0 Å². The number of para-hydroxylation sites is 1. The highest BCUT2D eigenvalue weighted by Gasteiger charge is 2.09. The van der Waals surface area contributed by atoms with Gasteiger partial charge in [-0.15, -0.1) is 0 Å². The highest BCUT2D eigenvalue weighted by Crippen LogP contribution is 2.29.